The second kappa shape index (κ2) is 9.93. The van der Waals surface area contributed by atoms with E-state index in [0.717, 1.165) is 49.7 Å². The molecular formula is C17H26Cl2N4O3S. The average molecular weight is 437 g/mol. The summed E-state index contributed by atoms with van der Waals surface area (Å²) >= 11 is 11.8. The molecule has 1 amide bonds. The number of benzene rings is 1. The first kappa shape index (κ1) is 22.2. The first-order valence-electron chi connectivity index (χ1n) is 8.77. The van der Waals surface area contributed by atoms with Crippen LogP contribution in [0.3, 0.4) is 0 Å². The molecule has 1 fully saturated rings. The summed E-state index contributed by atoms with van der Waals surface area (Å²) in [5.74, 6) is -0.357. The molecule has 0 atom stereocenters. The number of carbonyl (C=O) groups excluding carboxylic acids is 1. The van der Waals surface area contributed by atoms with Gasteiger partial charge in [-0.05, 0) is 38.2 Å². The number of amides is 1. The van der Waals surface area contributed by atoms with Crippen molar-refractivity contribution in [2.24, 2.45) is 0 Å². The quantitative estimate of drug-likeness (QED) is 0.625. The molecule has 0 aromatic heterocycles. The third-order valence-corrected chi connectivity index (χ3v) is 6.33. The Kier molecular flexibility index (Phi) is 8.18. The Balaban J connectivity index is 1.84. The second-order valence-electron chi connectivity index (χ2n) is 6.72. The number of rotatable bonds is 8. The van der Waals surface area contributed by atoms with Gasteiger partial charge in [-0.15, -0.1) is 0 Å². The molecule has 152 valence electrons. The molecule has 1 heterocycles. The van der Waals surface area contributed by atoms with Crippen LogP contribution in [0.4, 0.5) is 5.69 Å². The molecule has 0 spiro atoms. The number of anilines is 1. The van der Waals surface area contributed by atoms with Gasteiger partial charge in [-0.2, -0.15) is 0 Å². The number of nitrogens with zero attached hydrogens (tertiary/aromatic N) is 3. The first-order valence-corrected chi connectivity index (χ1v) is 11.4. The molecule has 1 aromatic rings. The van der Waals surface area contributed by atoms with Crippen molar-refractivity contribution in [1.82, 2.24) is 15.1 Å². The summed E-state index contributed by atoms with van der Waals surface area (Å²) in [5, 5.41) is 3.34. The molecule has 1 N–H and O–H groups in total. The number of halogens is 2. The predicted molar refractivity (Wildman–Crippen MR) is 110 cm³/mol. The normalized spacial score (nSPS) is 16.3. The van der Waals surface area contributed by atoms with Gasteiger partial charge in [0.1, 0.15) is 6.54 Å². The van der Waals surface area contributed by atoms with E-state index in [9.17, 15) is 13.2 Å². The van der Waals surface area contributed by atoms with Crippen molar-refractivity contribution in [3.8, 4) is 0 Å². The van der Waals surface area contributed by atoms with Crippen LogP contribution in [-0.2, 0) is 14.8 Å². The zero-order chi connectivity index (χ0) is 20.0. The molecule has 0 bridgehead atoms. The van der Waals surface area contributed by atoms with Gasteiger partial charge in [0.2, 0.25) is 15.9 Å². The van der Waals surface area contributed by atoms with Crippen molar-refractivity contribution < 1.29 is 13.2 Å². The van der Waals surface area contributed by atoms with Crippen LogP contribution in [0.5, 0.6) is 0 Å². The zero-order valence-corrected chi connectivity index (χ0v) is 17.9. The smallest absolute Gasteiger partial charge is 0.240 e. The van der Waals surface area contributed by atoms with Crippen LogP contribution < -0.4 is 9.62 Å². The van der Waals surface area contributed by atoms with Crippen LogP contribution in [-0.4, -0.2) is 83.2 Å². The molecule has 1 aliphatic heterocycles. The number of hydrogen-bond donors (Lipinski definition) is 1. The number of hydrogen-bond acceptors (Lipinski definition) is 5. The number of carbonyl (C=O) groups is 1. The van der Waals surface area contributed by atoms with Crippen molar-refractivity contribution in [1.29, 1.82) is 0 Å². The van der Waals surface area contributed by atoms with Gasteiger partial charge in [-0.3, -0.25) is 9.10 Å². The fourth-order valence-electron chi connectivity index (χ4n) is 2.83. The third-order valence-electron chi connectivity index (χ3n) is 4.45. The molecule has 1 saturated heterocycles. The lowest BCUT2D eigenvalue weighted by Gasteiger charge is -2.32. The molecule has 1 aromatic carbocycles. The van der Waals surface area contributed by atoms with Gasteiger partial charge in [0.25, 0.3) is 0 Å². The molecule has 0 aliphatic carbocycles. The lowest BCUT2D eigenvalue weighted by molar-refractivity contribution is -0.119. The fourth-order valence-corrected chi connectivity index (χ4v) is 3.97. The Hall–Kier alpha value is -1.06. The van der Waals surface area contributed by atoms with E-state index < -0.39 is 10.0 Å². The molecular weight excluding hydrogens is 411 g/mol. The van der Waals surface area contributed by atoms with E-state index in [1.807, 2.05) is 0 Å². The van der Waals surface area contributed by atoms with Crippen LogP contribution in [0.25, 0.3) is 0 Å². The van der Waals surface area contributed by atoms with Crippen molar-refractivity contribution in [3.63, 3.8) is 0 Å². The van der Waals surface area contributed by atoms with Crippen molar-refractivity contribution in [2.75, 3.05) is 63.4 Å². The molecule has 0 radical (unpaired) electrons. The predicted octanol–water partition coefficient (Wildman–Crippen LogP) is 1.51. The maximum absolute atomic E-state index is 12.2. The van der Waals surface area contributed by atoms with Crippen LogP contribution in [0.2, 0.25) is 10.0 Å². The van der Waals surface area contributed by atoms with Gasteiger partial charge in [0.05, 0.1) is 22.0 Å². The summed E-state index contributed by atoms with van der Waals surface area (Å²) in [5.41, 5.74) is 0.305. The number of sulfonamides is 1. The molecule has 2 rings (SSSR count). The van der Waals surface area contributed by atoms with Gasteiger partial charge in [0, 0.05) is 32.7 Å². The highest BCUT2D eigenvalue weighted by Gasteiger charge is 2.21. The van der Waals surface area contributed by atoms with Gasteiger partial charge in [-0.1, -0.05) is 23.2 Å². The summed E-state index contributed by atoms with van der Waals surface area (Å²) in [6.45, 7) is 5.29. The monoisotopic (exact) mass is 436 g/mol. The van der Waals surface area contributed by atoms with Crippen molar-refractivity contribution in [2.45, 2.75) is 6.42 Å². The van der Waals surface area contributed by atoms with Gasteiger partial charge in [-0.25, -0.2) is 8.42 Å². The van der Waals surface area contributed by atoms with Crippen molar-refractivity contribution in [3.05, 3.63) is 28.2 Å². The van der Waals surface area contributed by atoms with Crippen LogP contribution in [0.1, 0.15) is 6.42 Å². The van der Waals surface area contributed by atoms with Gasteiger partial charge in [0.15, 0.2) is 0 Å². The van der Waals surface area contributed by atoms with Gasteiger partial charge >= 0.3 is 0 Å². The van der Waals surface area contributed by atoms with E-state index in [1.54, 1.807) is 0 Å². The standard InChI is InChI=1S/C17H26Cl2N4O3S/c1-21-8-10-22(11-9-21)7-3-6-20-17(24)13-23(27(2,25)26)14-4-5-15(18)16(19)12-14/h4-5,12H,3,6-11,13H2,1-2H3,(H,20,24). The number of likely N-dealkylation sites (N-methyl/N-ethyl adjacent to an activating group) is 1. The lowest BCUT2D eigenvalue weighted by Crippen LogP contribution is -2.45. The van der Waals surface area contributed by atoms with E-state index in [1.165, 1.54) is 18.2 Å². The molecule has 1 aliphatic rings. The van der Waals surface area contributed by atoms with Crippen LogP contribution >= 0.6 is 23.2 Å². The highest BCUT2D eigenvalue weighted by atomic mass is 35.5. The summed E-state index contributed by atoms with van der Waals surface area (Å²) in [6, 6.07) is 4.47. The molecule has 0 unspecified atom stereocenters. The SMILES string of the molecule is CN1CCN(CCCNC(=O)CN(c2ccc(Cl)c(Cl)c2)S(C)(=O)=O)CC1. The summed E-state index contributed by atoms with van der Waals surface area (Å²) in [4.78, 5) is 16.9. The largest absolute Gasteiger partial charge is 0.354 e. The minimum atomic E-state index is -3.64. The summed E-state index contributed by atoms with van der Waals surface area (Å²) in [7, 11) is -1.53. The molecule has 7 nitrogen and oxygen atoms in total. The van der Waals surface area contributed by atoms with E-state index in [-0.39, 0.29) is 17.5 Å². The number of piperazine rings is 1. The minimum Gasteiger partial charge on any atom is -0.354 e. The van der Waals surface area contributed by atoms with E-state index in [0.29, 0.717) is 17.3 Å². The van der Waals surface area contributed by atoms with Crippen LogP contribution in [0, 0.1) is 0 Å². The van der Waals surface area contributed by atoms with E-state index in [4.69, 9.17) is 23.2 Å². The number of nitrogens with one attached hydrogen (secondary N) is 1. The zero-order valence-electron chi connectivity index (χ0n) is 15.6. The van der Waals surface area contributed by atoms with E-state index >= 15 is 0 Å². The summed E-state index contributed by atoms with van der Waals surface area (Å²) in [6.07, 6.45) is 1.87. The lowest BCUT2D eigenvalue weighted by atomic mass is 10.3. The maximum atomic E-state index is 12.2. The molecule has 10 heteroatoms. The Morgan fingerprint density at radius 3 is 2.44 bits per heavy atom. The fraction of sp³-hybridized carbons (Fsp3) is 0.588. The highest BCUT2D eigenvalue weighted by Crippen LogP contribution is 2.28. The second-order valence-corrected chi connectivity index (χ2v) is 9.44. The Morgan fingerprint density at radius 2 is 1.85 bits per heavy atom. The highest BCUT2D eigenvalue weighted by molar-refractivity contribution is 7.92. The Morgan fingerprint density at radius 1 is 1.19 bits per heavy atom. The third kappa shape index (κ3) is 7.12. The molecule has 0 saturated carbocycles. The molecule has 27 heavy (non-hydrogen) atoms. The van der Waals surface area contributed by atoms with Crippen LogP contribution in [0.15, 0.2) is 18.2 Å². The topological polar surface area (TPSA) is 73.0 Å². The summed E-state index contributed by atoms with van der Waals surface area (Å²) < 4.78 is 25.2. The average Bonchev–Trinajstić information content (AvgIpc) is 2.60. The minimum absolute atomic E-state index is 0.232. The van der Waals surface area contributed by atoms with Gasteiger partial charge < -0.3 is 15.1 Å². The van der Waals surface area contributed by atoms with E-state index in [2.05, 4.69) is 22.2 Å². The van der Waals surface area contributed by atoms with Crippen molar-refractivity contribution >= 4 is 44.8 Å². The Bertz CT molecular complexity index is 753. The first-order chi connectivity index (χ1) is 12.7. The maximum Gasteiger partial charge on any atom is 0.240 e. The Labute approximate surface area is 171 Å².